The maximum Gasteiger partial charge on any atom is 0.326 e. The second-order valence-electron chi connectivity index (χ2n) is 5.31. The standard InChI is InChI=1S/C18H14F2N2O3/c19-14-6-3-7-15(20)13(14)9-17(23)22-16(18(24)25)8-11-4-1-2-5-12(11)10-21/h1-7,16H,8-9H2,(H,22,23)(H,24,25)/t16-/m0/s1. The van der Waals surface area contributed by atoms with Crippen molar-refractivity contribution in [2.75, 3.05) is 0 Å². The maximum atomic E-state index is 13.6. The summed E-state index contributed by atoms with van der Waals surface area (Å²) in [6.45, 7) is 0. The Morgan fingerprint density at radius 1 is 1.12 bits per heavy atom. The summed E-state index contributed by atoms with van der Waals surface area (Å²) < 4.78 is 27.2. The van der Waals surface area contributed by atoms with Crippen LogP contribution in [0.2, 0.25) is 0 Å². The molecule has 0 radical (unpaired) electrons. The fraction of sp³-hybridized carbons (Fsp3) is 0.167. The second kappa shape index (κ2) is 8.02. The molecule has 0 saturated carbocycles. The van der Waals surface area contributed by atoms with Gasteiger partial charge in [0.25, 0.3) is 0 Å². The quantitative estimate of drug-likeness (QED) is 0.840. The number of carbonyl (C=O) groups excluding carboxylic acids is 1. The van der Waals surface area contributed by atoms with Gasteiger partial charge in [-0.25, -0.2) is 13.6 Å². The van der Waals surface area contributed by atoms with Crippen LogP contribution in [0, 0.1) is 23.0 Å². The zero-order valence-corrected chi connectivity index (χ0v) is 13.0. The Labute approximate surface area is 142 Å². The number of halogens is 2. The predicted molar refractivity (Wildman–Crippen MR) is 84.5 cm³/mol. The third kappa shape index (κ3) is 4.61. The Hall–Kier alpha value is -3.27. The summed E-state index contributed by atoms with van der Waals surface area (Å²) in [5.74, 6) is -3.89. The number of rotatable bonds is 6. The van der Waals surface area contributed by atoms with E-state index in [2.05, 4.69) is 5.32 Å². The average Bonchev–Trinajstić information content (AvgIpc) is 2.58. The van der Waals surface area contributed by atoms with E-state index in [4.69, 9.17) is 5.26 Å². The van der Waals surface area contributed by atoms with Crippen molar-refractivity contribution in [2.45, 2.75) is 18.9 Å². The van der Waals surface area contributed by atoms with E-state index in [0.29, 0.717) is 11.1 Å². The normalized spacial score (nSPS) is 11.4. The summed E-state index contributed by atoms with van der Waals surface area (Å²) in [5, 5.41) is 20.6. The molecule has 0 aliphatic heterocycles. The predicted octanol–water partition coefficient (Wildman–Crippen LogP) is 2.19. The Bertz CT molecular complexity index is 826. The first-order chi connectivity index (χ1) is 11.9. The van der Waals surface area contributed by atoms with Crippen molar-refractivity contribution in [3.05, 3.63) is 70.8 Å². The molecule has 0 aliphatic carbocycles. The Morgan fingerprint density at radius 3 is 2.36 bits per heavy atom. The van der Waals surface area contributed by atoms with Crippen LogP contribution in [-0.4, -0.2) is 23.0 Å². The number of carboxylic acid groups (broad SMARTS) is 1. The van der Waals surface area contributed by atoms with Crippen molar-refractivity contribution >= 4 is 11.9 Å². The Morgan fingerprint density at radius 2 is 1.76 bits per heavy atom. The van der Waals surface area contributed by atoms with E-state index in [1.54, 1.807) is 18.2 Å². The number of hydrogen-bond acceptors (Lipinski definition) is 3. The first kappa shape index (κ1) is 18.1. The molecule has 0 unspecified atom stereocenters. The van der Waals surface area contributed by atoms with Gasteiger partial charge in [0.1, 0.15) is 17.7 Å². The fourth-order valence-corrected chi connectivity index (χ4v) is 2.33. The van der Waals surface area contributed by atoms with Gasteiger partial charge in [0.2, 0.25) is 5.91 Å². The van der Waals surface area contributed by atoms with Gasteiger partial charge >= 0.3 is 5.97 Å². The van der Waals surface area contributed by atoms with Crippen LogP contribution in [0.5, 0.6) is 0 Å². The monoisotopic (exact) mass is 344 g/mol. The first-order valence-electron chi connectivity index (χ1n) is 7.35. The molecule has 7 heteroatoms. The highest BCUT2D eigenvalue weighted by atomic mass is 19.1. The van der Waals surface area contributed by atoms with Crippen LogP contribution in [0.4, 0.5) is 8.78 Å². The highest BCUT2D eigenvalue weighted by Crippen LogP contribution is 2.14. The summed E-state index contributed by atoms with van der Waals surface area (Å²) in [7, 11) is 0. The van der Waals surface area contributed by atoms with Crippen molar-refractivity contribution < 1.29 is 23.5 Å². The molecule has 25 heavy (non-hydrogen) atoms. The van der Waals surface area contributed by atoms with Crippen LogP contribution in [0.1, 0.15) is 16.7 Å². The van der Waals surface area contributed by atoms with Crippen LogP contribution in [0.3, 0.4) is 0 Å². The summed E-state index contributed by atoms with van der Waals surface area (Å²) in [5.41, 5.74) is 0.319. The highest BCUT2D eigenvalue weighted by Gasteiger charge is 2.23. The van der Waals surface area contributed by atoms with Crippen LogP contribution >= 0.6 is 0 Å². The lowest BCUT2D eigenvalue weighted by atomic mass is 10.0. The van der Waals surface area contributed by atoms with E-state index in [-0.39, 0.29) is 6.42 Å². The van der Waals surface area contributed by atoms with Crippen molar-refractivity contribution in [3.63, 3.8) is 0 Å². The number of carbonyl (C=O) groups is 2. The van der Waals surface area contributed by atoms with E-state index in [1.165, 1.54) is 12.1 Å². The van der Waals surface area contributed by atoms with Crippen molar-refractivity contribution in [1.82, 2.24) is 5.32 Å². The van der Waals surface area contributed by atoms with Gasteiger partial charge in [-0.05, 0) is 23.8 Å². The number of amides is 1. The number of nitrogens with zero attached hydrogens (tertiary/aromatic N) is 1. The second-order valence-corrected chi connectivity index (χ2v) is 5.31. The summed E-state index contributed by atoms with van der Waals surface area (Å²) in [4.78, 5) is 23.4. The number of aliphatic carboxylic acids is 1. The van der Waals surface area contributed by atoms with Crippen molar-refractivity contribution in [1.29, 1.82) is 5.26 Å². The first-order valence-corrected chi connectivity index (χ1v) is 7.35. The van der Waals surface area contributed by atoms with Gasteiger partial charge in [-0.2, -0.15) is 5.26 Å². The zero-order valence-electron chi connectivity index (χ0n) is 13.0. The van der Waals surface area contributed by atoms with Gasteiger partial charge in [0, 0.05) is 12.0 Å². The molecule has 0 spiro atoms. The van der Waals surface area contributed by atoms with E-state index in [0.717, 1.165) is 12.1 Å². The van der Waals surface area contributed by atoms with Crippen LogP contribution < -0.4 is 5.32 Å². The minimum absolute atomic E-state index is 0.120. The van der Waals surface area contributed by atoms with Crippen molar-refractivity contribution in [2.24, 2.45) is 0 Å². The molecule has 128 valence electrons. The molecule has 0 aliphatic rings. The molecule has 5 nitrogen and oxygen atoms in total. The number of nitrogens with one attached hydrogen (secondary N) is 1. The molecule has 0 saturated heterocycles. The summed E-state index contributed by atoms with van der Waals surface area (Å²) in [6, 6.07) is 10.2. The fourth-order valence-electron chi connectivity index (χ4n) is 2.33. The minimum Gasteiger partial charge on any atom is -0.480 e. The number of nitriles is 1. The highest BCUT2D eigenvalue weighted by molar-refractivity contribution is 5.85. The maximum absolute atomic E-state index is 13.6. The number of benzene rings is 2. The Kier molecular flexibility index (Phi) is 5.79. The molecule has 2 aromatic carbocycles. The molecule has 0 aromatic heterocycles. The molecule has 0 heterocycles. The SMILES string of the molecule is N#Cc1ccccc1C[C@H](NC(=O)Cc1c(F)cccc1F)C(=O)O. The van der Waals surface area contributed by atoms with Crippen LogP contribution in [0.25, 0.3) is 0 Å². The Balaban J connectivity index is 2.13. The molecule has 2 N–H and O–H groups in total. The molecular formula is C18H14F2N2O3. The van der Waals surface area contributed by atoms with Gasteiger partial charge in [0.15, 0.2) is 0 Å². The third-order valence-corrected chi connectivity index (χ3v) is 3.59. The van der Waals surface area contributed by atoms with Gasteiger partial charge in [-0.15, -0.1) is 0 Å². The van der Waals surface area contributed by atoms with Gasteiger partial charge in [-0.1, -0.05) is 24.3 Å². The van der Waals surface area contributed by atoms with Crippen molar-refractivity contribution in [3.8, 4) is 6.07 Å². The van der Waals surface area contributed by atoms with Gasteiger partial charge < -0.3 is 10.4 Å². The largest absolute Gasteiger partial charge is 0.480 e. The van der Waals surface area contributed by atoms with Crippen LogP contribution in [-0.2, 0) is 22.4 Å². The molecule has 2 rings (SSSR count). The molecule has 1 atom stereocenters. The van der Waals surface area contributed by atoms with E-state index < -0.39 is 41.5 Å². The third-order valence-electron chi connectivity index (χ3n) is 3.59. The summed E-state index contributed by atoms with van der Waals surface area (Å²) in [6.07, 6.45) is -0.743. The van der Waals surface area contributed by atoms with E-state index in [1.807, 2.05) is 6.07 Å². The van der Waals surface area contributed by atoms with Gasteiger partial charge in [-0.3, -0.25) is 4.79 Å². The number of hydrogen-bond donors (Lipinski definition) is 2. The van der Waals surface area contributed by atoms with Crippen LogP contribution in [0.15, 0.2) is 42.5 Å². The zero-order chi connectivity index (χ0) is 18.4. The average molecular weight is 344 g/mol. The molecule has 1 amide bonds. The van der Waals surface area contributed by atoms with Gasteiger partial charge in [0.05, 0.1) is 18.1 Å². The lowest BCUT2D eigenvalue weighted by Gasteiger charge is -2.15. The lowest BCUT2D eigenvalue weighted by Crippen LogP contribution is -2.43. The molecule has 2 aromatic rings. The number of carboxylic acids is 1. The molecule has 0 bridgehead atoms. The topological polar surface area (TPSA) is 90.2 Å². The van der Waals surface area contributed by atoms with E-state index >= 15 is 0 Å². The molecular weight excluding hydrogens is 330 g/mol. The van der Waals surface area contributed by atoms with E-state index in [9.17, 15) is 23.5 Å². The lowest BCUT2D eigenvalue weighted by molar-refractivity contribution is -0.141. The molecule has 0 fully saturated rings. The minimum atomic E-state index is -1.32. The smallest absolute Gasteiger partial charge is 0.326 e. The summed E-state index contributed by atoms with van der Waals surface area (Å²) >= 11 is 0.